The van der Waals surface area contributed by atoms with Crippen LogP contribution in [-0.2, 0) is 13.2 Å². The third kappa shape index (κ3) is 3.50. The third-order valence-electron chi connectivity index (χ3n) is 1.99. The van der Waals surface area contributed by atoms with Gasteiger partial charge in [0.05, 0.1) is 6.54 Å². The van der Waals surface area contributed by atoms with E-state index in [1.807, 2.05) is 24.3 Å². The summed E-state index contributed by atoms with van der Waals surface area (Å²) < 4.78 is 6.49. The van der Waals surface area contributed by atoms with E-state index in [9.17, 15) is 0 Å². The Morgan fingerprint density at radius 3 is 3.06 bits per heavy atom. The molecule has 0 saturated heterocycles. The maximum Gasteiger partial charge on any atom is 0.212 e. The summed E-state index contributed by atoms with van der Waals surface area (Å²) in [4.78, 5) is 1.46. The topological polar surface area (TPSA) is 78.9 Å². The van der Waals surface area contributed by atoms with E-state index in [-0.39, 0.29) is 0 Å². The molecule has 2 rings (SSSR count). The van der Waals surface area contributed by atoms with Crippen LogP contribution in [0.3, 0.4) is 0 Å². The zero-order chi connectivity index (χ0) is 12.1. The van der Waals surface area contributed by atoms with E-state index in [0.29, 0.717) is 25.5 Å². The number of nitrogens with zero attached hydrogens (tertiary/aromatic N) is 4. The summed E-state index contributed by atoms with van der Waals surface area (Å²) in [6.45, 7) is 1.34. The first-order chi connectivity index (χ1) is 8.28. The van der Waals surface area contributed by atoms with E-state index >= 15 is 0 Å². The predicted molar refractivity (Wildman–Crippen MR) is 65.3 cm³/mol. The third-order valence-corrected chi connectivity index (χ3v) is 2.48. The van der Waals surface area contributed by atoms with Crippen molar-refractivity contribution in [2.75, 3.05) is 6.54 Å². The molecule has 2 aromatic rings. The molecule has 0 bridgehead atoms. The van der Waals surface area contributed by atoms with Crippen LogP contribution < -0.4 is 10.5 Å². The van der Waals surface area contributed by atoms with Crippen molar-refractivity contribution in [3.63, 3.8) is 0 Å². The fourth-order valence-electron chi connectivity index (χ4n) is 1.25. The van der Waals surface area contributed by atoms with Crippen molar-refractivity contribution in [1.29, 1.82) is 0 Å². The van der Waals surface area contributed by atoms with Crippen LogP contribution in [0.1, 0.15) is 5.82 Å². The molecule has 0 saturated carbocycles. The number of halogens is 1. The van der Waals surface area contributed by atoms with E-state index in [4.69, 9.17) is 10.5 Å². The standard InChI is InChI=1S/C10H12BrN5O/c11-8-2-1-3-9(6-8)17-7-10-13-15-16(14-10)5-4-12/h1-3,6H,4-5,7,12H2. The quantitative estimate of drug-likeness (QED) is 0.890. The van der Waals surface area contributed by atoms with Crippen molar-refractivity contribution < 1.29 is 4.74 Å². The minimum absolute atomic E-state index is 0.293. The molecule has 0 fully saturated rings. The van der Waals surface area contributed by atoms with Crippen molar-refractivity contribution in [2.45, 2.75) is 13.2 Å². The van der Waals surface area contributed by atoms with Gasteiger partial charge in [-0.2, -0.15) is 4.80 Å². The molecular weight excluding hydrogens is 286 g/mol. The average Bonchev–Trinajstić information content (AvgIpc) is 2.75. The number of hydrogen-bond acceptors (Lipinski definition) is 5. The summed E-state index contributed by atoms with van der Waals surface area (Å²) in [5, 5.41) is 11.8. The highest BCUT2D eigenvalue weighted by molar-refractivity contribution is 9.10. The van der Waals surface area contributed by atoms with Crippen LogP contribution in [0.15, 0.2) is 28.7 Å². The fraction of sp³-hybridized carbons (Fsp3) is 0.300. The van der Waals surface area contributed by atoms with Gasteiger partial charge < -0.3 is 10.5 Å². The highest BCUT2D eigenvalue weighted by Crippen LogP contribution is 2.18. The minimum Gasteiger partial charge on any atom is -0.485 e. The molecule has 17 heavy (non-hydrogen) atoms. The highest BCUT2D eigenvalue weighted by Gasteiger charge is 2.03. The lowest BCUT2D eigenvalue weighted by atomic mass is 10.3. The summed E-state index contributed by atoms with van der Waals surface area (Å²) in [6.07, 6.45) is 0. The minimum atomic E-state index is 0.293. The molecule has 0 aliphatic heterocycles. The fourth-order valence-corrected chi connectivity index (χ4v) is 1.63. The second-order valence-electron chi connectivity index (χ2n) is 3.34. The zero-order valence-electron chi connectivity index (χ0n) is 9.08. The molecule has 0 radical (unpaired) electrons. The van der Waals surface area contributed by atoms with Crippen molar-refractivity contribution in [3.8, 4) is 5.75 Å². The molecule has 1 aromatic carbocycles. The van der Waals surface area contributed by atoms with E-state index in [1.54, 1.807) is 0 Å². The SMILES string of the molecule is NCCn1nnc(COc2cccc(Br)c2)n1. The molecule has 0 aliphatic carbocycles. The van der Waals surface area contributed by atoms with Gasteiger partial charge in [-0.25, -0.2) is 0 Å². The summed E-state index contributed by atoms with van der Waals surface area (Å²) in [7, 11) is 0. The number of ether oxygens (including phenoxy) is 1. The Morgan fingerprint density at radius 1 is 1.41 bits per heavy atom. The summed E-state index contributed by atoms with van der Waals surface area (Å²) in [6, 6.07) is 7.58. The summed E-state index contributed by atoms with van der Waals surface area (Å²) >= 11 is 3.37. The van der Waals surface area contributed by atoms with E-state index < -0.39 is 0 Å². The second kappa shape index (κ2) is 5.74. The number of hydrogen-bond donors (Lipinski definition) is 1. The van der Waals surface area contributed by atoms with Gasteiger partial charge in [0.1, 0.15) is 5.75 Å². The van der Waals surface area contributed by atoms with Crippen molar-refractivity contribution in [1.82, 2.24) is 20.2 Å². The Hall–Kier alpha value is -1.47. The summed E-state index contributed by atoms with van der Waals surface area (Å²) in [5.74, 6) is 1.30. The van der Waals surface area contributed by atoms with E-state index in [1.165, 1.54) is 4.80 Å². The van der Waals surface area contributed by atoms with Gasteiger partial charge in [-0.1, -0.05) is 22.0 Å². The monoisotopic (exact) mass is 297 g/mol. The molecule has 90 valence electrons. The van der Waals surface area contributed by atoms with E-state index in [2.05, 4.69) is 31.3 Å². The molecule has 0 atom stereocenters. The molecule has 6 nitrogen and oxygen atoms in total. The molecule has 0 amide bonds. The molecule has 0 aliphatic rings. The largest absolute Gasteiger partial charge is 0.485 e. The highest BCUT2D eigenvalue weighted by atomic mass is 79.9. The molecule has 7 heteroatoms. The van der Waals surface area contributed by atoms with Crippen LogP contribution in [0.2, 0.25) is 0 Å². The van der Waals surface area contributed by atoms with Crippen molar-refractivity contribution >= 4 is 15.9 Å². The number of rotatable bonds is 5. The predicted octanol–water partition coefficient (Wildman–Crippen LogP) is 0.973. The number of tetrazole rings is 1. The van der Waals surface area contributed by atoms with Gasteiger partial charge in [-0.05, 0) is 23.4 Å². The normalized spacial score (nSPS) is 10.5. The van der Waals surface area contributed by atoms with Crippen molar-refractivity contribution in [3.05, 3.63) is 34.6 Å². The lowest BCUT2D eigenvalue weighted by Gasteiger charge is -2.02. The maximum absolute atomic E-state index is 5.52. The molecule has 1 heterocycles. The van der Waals surface area contributed by atoms with Gasteiger partial charge in [-0.3, -0.25) is 0 Å². The van der Waals surface area contributed by atoms with Crippen LogP contribution in [0, 0.1) is 0 Å². The number of nitrogens with two attached hydrogens (primary N) is 1. The first-order valence-corrected chi connectivity index (χ1v) is 5.92. The van der Waals surface area contributed by atoms with Gasteiger partial charge in [0.2, 0.25) is 5.82 Å². The summed E-state index contributed by atoms with van der Waals surface area (Å²) in [5.41, 5.74) is 5.39. The first-order valence-electron chi connectivity index (χ1n) is 5.13. The Balaban J connectivity index is 1.93. The molecule has 0 unspecified atom stereocenters. The second-order valence-corrected chi connectivity index (χ2v) is 4.25. The van der Waals surface area contributed by atoms with Crippen molar-refractivity contribution in [2.24, 2.45) is 5.73 Å². The molecule has 1 aromatic heterocycles. The van der Waals surface area contributed by atoms with Crippen LogP contribution >= 0.6 is 15.9 Å². The molecule has 2 N–H and O–H groups in total. The Bertz CT molecular complexity index is 487. The van der Waals surface area contributed by atoms with Gasteiger partial charge in [0.25, 0.3) is 0 Å². The van der Waals surface area contributed by atoms with Gasteiger partial charge in [0.15, 0.2) is 6.61 Å². The van der Waals surface area contributed by atoms with Crippen LogP contribution in [0.4, 0.5) is 0 Å². The molecular formula is C10H12BrN5O. The lowest BCUT2D eigenvalue weighted by molar-refractivity contribution is 0.295. The van der Waals surface area contributed by atoms with E-state index in [0.717, 1.165) is 10.2 Å². The van der Waals surface area contributed by atoms with Gasteiger partial charge >= 0.3 is 0 Å². The van der Waals surface area contributed by atoms with Gasteiger partial charge in [-0.15, -0.1) is 10.2 Å². The Kier molecular flexibility index (Phi) is 4.05. The average molecular weight is 298 g/mol. The Morgan fingerprint density at radius 2 is 2.29 bits per heavy atom. The zero-order valence-corrected chi connectivity index (χ0v) is 10.7. The maximum atomic E-state index is 5.52. The number of aromatic nitrogens is 4. The molecule has 0 spiro atoms. The first kappa shape index (κ1) is 12.0. The number of benzene rings is 1. The van der Waals surface area contributed by atoms with Crippen LogP contribution in [0.25, 0.3) is 0 Å². The van der Waals surface area contributed by atoms with Crippen LogP contribution in [0.5, 0.6) is 5.75 Å². The lowest BCUT2D eigenvalue weighted by Crippen LogP contribution is -2.12. The van der Waals surface area contributed by atoms with Crippen LogP contribution in [-0.4, -0.2) is 26.8 Å². The van der Waals surface area contributed by atoms with Gasteiger partial charge in [0, 0.05) is 11.0 Å². The Labute approximate surface area is 107 Å². The smallest absolute Gasteiger partial charge is 0.212 e.